The molecule has 0 aliphatic heterocycles. The minimum atomic E-state index is -0.271. The lowest BCUT2D eigenvalue weighted by Crippen LogP contribution is -2.50. The van der Waals surface area contributed by atoms with Crippen LogP contribution in [0.2, 0.25) is 0 Å². The van der Waals surface area contributed by atoms with Gasteiger partial charge in [-0.05, 0) is 7.05 Å². The van der Waals surface area contributed by atoms with Crippen LogP contribution in [0.4, 0.5) is 0 Å². The van der Waals surface area contributed by atoms with E-state index in [1.807, 2.05) is 0 Å². The third kappa shape index (κ3) is 0.554. The second-order valence-corrected chi connectivity index (χ2v) is 1.83. The van der Waals surface area contributed by atoms with Crippen molar-refractivity contribution in [2.75, 3.05) is 7.05 Å². The minimum absolute atomic E-state index is 0.178. The zero-order valence-electron chi connectivity index (χ0n) is 4.60. The standard InChI is InChI=1S/C5H7NO2/c1-6-3-2-4(7)5(3)8/h3,6H,2H2,1H3. The molecule has 3 nitrogen and oxygen atoms in total. The van der Waals surface area contributed by atoms with Crippen molar-refractivity contribution in [3.8, 4) is 0 Å². The molecule has 0 saturated heterocycles. The molecule has 3 heteroatoms. The Labute approximate surface area is 47.1 Å². The summed E-state index contributed by atoms with van der Waals surface area (Å²) in [6.45, 7) is 0. The Morgan fingerprint density at radius 3 is 2.38 bits per heavy atom. The van der Waals surface area contributed by atoms with E-state index in [9.17, 15) is 9.59 Å². The van der Waals surface area contributed by atoms with Gasteiger partial charge in [-0.2, -0.15) is 0 Å². The first-order valence-electron chi connectivity index (χ1n) is 2.50. The molecule has 0 aromatic rings. The topological polar surface area (TPSA) is 46.2 Å². The number of nitrogens with one attached hydrogen (secondary N) is 1. The number of carbonyl (C=O) groups is 2. The van der Waals surface area contributed by atoms with Gasteiger partial charge in [-0.15, -0.1) is 0 Å². The average molecular weight is 113 g/mol. The van der Waals surface area contributed by atoms with Crippen molar-refractivity contribution in [2.45, 2.75) is 12.5 Å². The van der Waals surface area contributed by atoms with E-state index >= 15 is 0 Å². The molecule has 1 unspecified atom stereocenters. The Morgan fingerprint density at radius 2 is 2.25 bits per heavy atom. The molecule has 8 heavy (non-hydrogen) atoms. The molecule has 0 bridgehead atoms. The average Bonchev–Trinajstić information content (AvgIpc) is 1.81. The summed E-state index contributed by atoms with van der Waals surface area (Å²) in [6.07, 6.45) is 0.384. The van der Waals surface area contributed by atoms with Gasteiger partial charge in [-0.3, -0.25) is 9.59 Å². The fraction of sp³-hybridized carbons (Fsp3) is 0.600. The first kappa shape index (κ1) is 5.44. The van der Waals surface area contributed by atoms with E-state index in [0.29, 0.717) is 6.42 Å². The lowest BCUT2D eigenvalue weighted by molar-refractivity contribution is -0.144. The Bertz CT molecular complexity index is 141. The second-order valence-electron chi connectivity index (χ2n) is 1.83. The van der Waals surface area contributed by atoms with E-state index < -0.39 is 0 Å². The normalized spacial score (nSPS) is 27.9. The second kappa shape index (κ2) is 1.67. The molecule has 1 aliphatic rings. The largest absolute Gasteiger partial charge is 0.310 e. The Balaban J connectivity index is 2.48. The van der Waals surface area contributed by atoms with Crippen LogP contribution in [0.25, 0.3) is 0 Å². The molecule has 1 fully saturated rings. The number of hydrogen-bond donors (Lipinski definition) is 1. The summed E-state index contributed by atoms with van der Waals surface area (Å²) in [5, 5.41) is 2.71. The molecular weight excluding hydrogens is 106 g/mol. The number of carbonyl (C=O) groups excluding carboxylic acids is 2. The smallest absolute Gasteiger partial charge is 0.215 e. The zero-order valence-corrected chi connectivity index (χ0v) is 4.60. The maximum atomic E-state index is 10.4. The molecule has 0 amide bonds. The number of ketones is 2. The molecule has 0 heterocycles. The predicted molar refractivity (Wildman–Crippen MR) is 27.5 cm³/mol. The van der Waals surface area contributed by atoms with Crippen molar-refractivity contribution in [1.29, 1.82) is 0 Å². The Morgan fingerprint density at radius 1 is 1.62 bits per heavy atom. The maximum Gasteiger partial charge on any atom is 0.215 e. The molecular formula is C5H7NO2. The third-order valence-corrected chi connectivity index (χ3v) is 1.33. The summed E-state index contributed by atoms with van der Waals surface area (Å²) < 4.78 is 0. The molecule has 44 valence electrons. The van der Waals surface area contributed by atoms with Gasteiger partial charge in [0.05, 0.1) is 6.04 Å². The summed E-state index contributed by atoms with van der Waals surface area (Å²) in [7, 11) is 1.68. The fourth-order valence-corrected chi connectivity index (χ4v) is 0.675. The van der Waals surface area contributed by atoms with Gasteiger partial charge in [-0.1, -0.05) is 0 Å². The Kier molecular flexibility index (Phi) is 1.13. The van der Waals surface area contributed by atoms with Crippen molar-refractivity contribution in [3.63, 3.8) is 0 Å². The summed E-state index contributed by atoms with van der Waals surface area (Å²) in [6, 6.07) is -0.178. The van der Waals surface area contributed by atoms with E-state index in [2.05, 4.69) is 5.32 Å². The first-order chi connectivity index (χ1) is 3.75. The summed E-state index contributed by atoms with van der Waals surface area (Å²) in [4.78, 5) is 20.6. The van der Waals surface area contributed by atoms with E-state index in [1.54, 1.807) is 7.05 Å². The number of Topliss-reactive ketones (excluding diaryl/α,β-unsaturated/α-hetero) is 2. The van der Waals surface area contributed by atoms with E-state index in [0.717, 1.165) is 0 Å². The zero-order chi connectivity index (χ0) is 6.15. The van der Waals surface area contributed by atoms with Gasteiger partial charge in [0.2, 0.25) is 11.6 Å². The van der Waals surface area contributed by atoms with Crippen LogP contribution >= 0.6 is 0 Å². The molecule has 0 spiro atoms. The van der Waals surface area contributed by atoms with Gasteiger partial charge in [-0.25, -0.2) is 0 Å². The number of likely N-dealkylation sites (N-methyl/N-ethyl adjacent to an activating group) is 1. The summed E-state index contributed by atoms with van der Waals surface area (Å²) in [5.74, 6) is -0.517. The minimum Gasteiger partial charge on any atom is -0.310 e. The lowest BCUT2D eigenvalue weighted by atomic mass is 9.90. The van der Waals surface area contributed by atoms with Gasteiger partial charge >= 0.3 is 0 Å². The Hall–Kier alpha value is -0.700. The van der Waals surface area contributed by atoms with E-state index in [-0.39, 0.29) is 17.6 Å². The van der Waals surface area contributed by atoms with Crippen LogP contribution in [0.3, 0.4) is 0 Å². The van der Waals surface area contributed by atoms with Gasteiger partial charge in [0.15, 0.2) is 0 Å². The van der Waals surface area contributed by atoms with E-state index in [4.69, 9.17) is 0 Å². The summed E-state index contributed by atoms with van der Waals surface area (Å²) >= 11 is 0. The molecule has 1 atom stereocenters. The van der Waals surface area contributed by atoms with Gasteiger partial charge < -0.3 is 5.32 Å². The fourth-order valence-electron chi connectivity index (χ4n) is 0.675. The highest BCUT2D eigenvalue weighted by molar-refractivity contribution is 6.46. The molecule has 0 radical (unpaired) electrons. The van der Waals surface area contributed by atoms with Gasteiger partial charge in [0, 0.05) is 6.42 Å². The quantitative estimate of drug-likeness (QED) is 0.449. The highest BCUT2D eigenvalue weighted by Crippen LogP contribution is 2.07. The van der Waals surface area contributed by atoms with Crippen molar-refractivity contribution in [3.05, 3.63) is 0 Å². The van der Waals surface area contributed by atoms with Crippen LogP contribution in [0.15, 0.2) is 0 Å². The molecule has 1 N–H and O–H groups in total. The SMILES string of the molecule is CNC1CC(=O)C1=O. The molecule has 1 rings (SSSR count). The monoisotopic (exact) mass is 113 g/mol. The number of hydrogen-bond acceptors (Lipinski definition) is 3. The summed E-state index contributed by atoms with van der Waals surface area (Å²) in [5.41, 5.74) is 0. The van der Waals surface area contributed by atoms with Crippen LogP contribution < -0.4 is 5.32 Å². The first-order valence-corrected chi connectivity index (χ1v) is 2.50. The van der Waals surface area contributed by atoms with Crippen molar-refractivity contribution < 1.29 is 9.59 Å². The number of rotatable bonds is 1. The third-order valence-electron chi connectivity index (χ3n) is 1.33. The van der Waals surface area contributed by atoms with Crippen LogP contribution in [0.1, 0.15) is 6.42 Å². The van der Waals surface area contributed by atoms with Crippen molar-refractivity contribution in [1.82, 2.24) is 5.32 Å². The predicted octanol–water partition coefficient (Wildman–Crippen LogP) is -0.884. The molecule has 1 aliphatic carbocycles. The van der Waals surface area contributed by atoms with Crippen LogP contribution in [0, 0.1) is 0 Å². The lowest BCUT2D eigenvalue weighted by Gasteiger charge is -2.20. The van der Waals surface area contributed by atoms with Gasteiger partial charge in [0.1, 0.15) is 0 Å². The van der Waals surface area contributed by atoms with Crippen LogP contribution in [-0.4, -0.2) is 24.7 Å². The molecule has 1 saturated carbocycles. The molecule has 0 aromatic carbocycles. The molecule has 0 aromatic heterocycles. The van der Waals surface area contributed by atoms with Crippen molar-refractivity contribution in [2.24, 2.45) is 0 Å². The highest BCUT2D eigenvalue weighted by Gasteiger charge is 2.36. The van der Waals surface area contributed by atoms with Crippen LogP contribution in [-0.2, 0) is 9.59 Å². The highest BCUT2D eigenvalue weighted by atomic mass is 16.2. The van der Waals surface area contributed by atoms with Gasteiger partial charge in [0.25, 0.3) is 0 Å². The maximum absolute atomic E-state index is 10.4. The van der Waals surface area contributed by atoms with Crippen LogP contribution in [0.5, 0.6) is 0 Å². The van der Waals surface area contributed by atoms with E-state index in [1.165, 1.54) is 0 Å². The van der Waals surface area contributed by atoms with Crippen molar-refractivity contribution >= 4 is 11.6 Å².